The summed E-state index contributed by atoms with van der Waals surface area (Å²) in [7, 11) is 0. The number of aryl methyl sites for hydroxylation is 1. The van der Waals surface area contributed by atoms with Crippen LogP contribution in [0, 0.1) is 6.92 Å². The SMILES string of the molecule is C/C(=C(\CCO)C(C)S)N(C=O)Cc1cnc(C)nc1N.Cl. The maximum atomic E-state index is 11.4. The molecule has 0 fully saturated rings. The van der Waals surface area contributed by atoms with E-state index in [0.717, 1.165) is 17.7 Å². The Labute approximate surface area is 142 Å². The number of carbonyl (C=O) groups is 1. The standard InChI is InChI=1S/C14H22N4O2S.ClH/c1-9(13(4-5-19)10(2)21)18(8-20)7-12-6-16-11(3)17-14(12)15;/h6,8,10,19,21H,4-5,7H2,1-3H3,(H2,15,16,17);1H/b13-9-;. The van der Waals surface area contributed by atoms with Gasteiger partial charge in [-0.2, -0.15) is 12.6 Å². The highest BCUT2D eigenvalue weighted by Gasteiger charge is 2.15. The van der Waals surface area contributed by atoms with Crippen molar-refractivity contribution in [3.63, 3.8) is 0 Å². The second kappa shape index (κ2) is 9.66. The average Bonchev–Trinajstić information content (AvgIpc) is 2.43. The topological polar surface area (TPSA) is 92.3 Å². The number of allylic oxidation sites excluding steroid dienone is 1. The Kier molecular flexibility index (Phi) is 9.08. The summed E-state index contributed by atoms with van der Waals surface area (Å²) in [6.07, 6.45) is 2.83. The van der Waals surface area contributed by atoms with Gasteiger partial charge in [0.1, 0.15) is 11.6 Å². The normalized spacial score (nSPS) is 13.0. The number of nitrogen functional groups attached to an aromatic ring is 1. The lowest BCUT2D eigenvalue weighted by Gasteiger charge is -2.24. The predicted octanol–water partition coefficient (Wildman–Crippen LogP) is 1.72. The molecular formula is C14H23ClN4O2S. The number of thiol groups is 1. The summed E-state index contributed by atoms with van der Waals surface area (Å²) in [6.45, 7) is 5.79. The molecule has 1 unspecified atom stereocenters. The fourth-order valence-corrected chi connectivity index (χ4v) is 2.37. The number of amides is 1. The molecule has 1 amide bonds. The Morgan fingerprint density at radius 3 is 2.68 bits per heavy atom. The number of nitrogens with two attached hydrogens (primary N) is 1. The van der Waals surface area contributed by atoms with Gasteiger partial charge in [-0.3, -0.25) is 4.79 Å². The van der Waals surface area contributed by atoms with Crippen LogP contribution in [0.15, 0.2) is 17.5 Å². The van der Waals surface area contributed by atoms with Crippen LogP contribution < -0.4 is 5.73 Å². The van der Waals surface area contributed by atoms with E-state index in [-0.39, 0.29) is 30.8 Å². The van der Waals surface area contributed by atoms with Gasteiger partial charge >= 0.3 is 0 Å². The minimum Gasteiger partial charge on any atom is -0.396 e. The summed E-state index contributed by atoms with van der Waals surface area (Å²) in [5.41, 5.74) is 8.22. The molecule has 1 aromatic rings. The first-order valence-corrected chi connectivity index (χ1v) is 7.20. The summed E-state index contributed by atoms with van der Waals surface area (Å²) in [5.74, 6) is 0.955. The first-order valence-electron chi connectivity index (χ1n) is 6.69. The summed E-state index contributed by atoms with van der Waals surface area (Å²) in [6, 6.07) is 0. The first kappa shape index (κ1) is 20.7. The van der Waals surface area contributed by atoms with Gasteiger partial charge in [-0.15, -0.1) is 12.4 Å². The average molecular weight is 347 g/mol. The van der Waals surface area contributed by atoms with Crippen LogP contribution >= 0.6 is 25.0 Å². The Morgan fingerprint density at radius 2 is 2.23 bits per heavy atom. The fraction of sp³-hybridized carbons (Fsp3) is 0.500. The zero-order valence-electron chi connectivity index (χ0n) is 13.0. The van der Waals surface area contributed by atoms with Crippen molar-refractivity contribution in [1.29, 1.82) is 0 Å². The zero-order valence-corrected chi connectivity index (χ0v) is 14.7. The number of aliphatic hydroxyl groups excluding tert-OH is 1. The summed E-state index contributed by atoms with van der Waals surface area (Å²) in [5, 5.41) is 9.09. The Bertz CT molecular complexity index is 538. The third-order valence-electron chi connectivity index (χ3n) is 3.27. The van der Waals surface area contributed by atoms with Crippen molar-refractivity contribution in [2.45, 2.75) is 39.0 Å². The van der Waals surface area contributed by atoms with Crippen LogP contribution in [0.5, 0.6) is 0 Å². The molecule has 8 heteroatoms. The molecule has 1 heterocycles. The van der Waals surface area contributed by atoms with Gasteiger partial charge in [-0.25, -0.2) is 9.97 Å². The van der Waals surface area contributed by atoms with Crippen molar-refractivity contribution in [2.75, 3.05) is 12.3 Å². The number of aromatic nitrogens is 2. The molecule has 0 aliphatic rings. The van der Waals surface area contributed by atoms with Crippen LogP contribution in [-0.4, -0.2) is 38.2 Å². The number of anilines is 1. The maximum Gasteiger partial charge on any atom is 0.214 e. The van der Waals surface area contributed by atoms with Gasteiger partial charge in [0.2, 0.25) is 6.41 Å². The lowest BCUT2D eigenvalue weighted by molar-refractivity contribution is -0.117. The van der Waals surface area contributed by atoms with Crippen LogP contribution in [0.4, 0.5) is 5.82 Å². The molecule has 0 saturated heterocycles. The number of hydrogen-bond donors (Lipinski definition) is 3. The second-order valence-corrected chi connectivity index (χ2v) is 5.60. The maximum absolute atomic E-state index is 11.4. The lowest BCUT2D eigenvalue weighted by atomic mass is 10.1. The largest absolute Gasteiger partial charge is 0.396 e. The van der Waals surface area contributed by atoms with Crippen LogP contribution in [0.1, 0.15) is 31.7 Å². The highest BCUT2D eigenvalue weighted by atomic mass is 35.5. The highest BCUT2D eigenvalue weighted by Crippen LogP contribution is 2.22. The van der Waals surface area contributed by atoms with E-state index in [4.69, 9.17) is 10.8 Å². The minimum atomic E-state index is -0.0498. The molecule has 6 nitrogen and oxygen atoms in total. The van der Waals surface area contributed by atoms with Crippen LogP contribution in [0.2, 0.25) is 0 Å². The van der Waals surface area contributed by atoms with E-state index >= 15 is 0 Å². The summed E-state index contributed by atoms with van der Waals surface area (Å²) < 4.78 is 0. The fourth-order valence-electron chi connectivity index (χ4n) is 2.05. The quantitative estimate of drug-likeness (QED) is 0.516. The first-order chi connectivity index (χ1) is 9.90. The van der Waals surface area contributed by atoms with Gasteiger partial charge in [-0.1, -0.05) is 0 Å². The molecule has 0 saturated carbocycles. The van der Waals surface area contributed by atoms with E-state index in [0.29, 0.717) is 23.6 Å². The second-order valence-electron chi connectivity index (χ2n) is 4.82. The molecule has 0 bridgehead atoms. The van der Waals surface area contributed by atoms with Crippen molar-refractivity contribution in [2.24, 2.45) is 0 Å². The Balaban J connectivity index is 0.00000441. The van der Waals surface area contributed by atoms with Gasteiger partial charge in [0.05, 0.1) is 6.54 Å². The van der Waals surface area contributed by atoms with Crippen molar-refractivity contribution >= 4 is 37.3 Å². The molecule has 0 aromatic carbocycles. The highest BCUT2D eigenvalue weighted by molar-refractivity contribution is 7.81. The van der Waals surface area contributed by atoms with Gasteiger partial charge in [0, 0.05) is 29.3 Å². The molecule has 124 valence electrons. The van der Waals surface area contributed by atoms with Gasteiger partial charge < -0.3 is 15.7 Å². The number of aliphatic hydroxyl groups is 1. The van der Waals surface area contributed by atoms with Gasteiger partial charge in [0.25, 0.3) is 0 Å². The molecule has 0 radical (unpaired) electrons. The van der Waals surface area contributed by atoms with Gasteiger partial charge in [0.15, 0.2) is 0 Å². The molecule has 0 spiro atoms. The summed E-state index contributed by atoms with van der Waals surface area (Å²) in [4.78, 5) is 21.1. The van der Waals surface area contributed by atoms with E-state index in [1.165, 1.54) is 4.90 Å². The van der Waals surface area contributed by atoms with E-state index in [2.05, 4.69) is 22.6 Å². The van der Waals surface area contributed by atoms with Crippen molar-refractivity contribution in [3.05, 3.63) is 28.9 Å². The molecule has 1 aromatic heterocycles. The molecule has 22 heavy (non-hydrogen) atoms. The molecule has 1 rings (SSSR count). The van der Waals surface area contributed by atoms with E-state index in [1.807, 2.05) is 13.8 Å². The molecule has 0 aliphatic carbocycles. The van der Waals surface area contributed by atoms with Crippen LogP contribution in [-0.2, 0) is 11.3 Å². The molecular weight excluding hydrogens is 324 g/mol. The van der Waals surface area contributed by atoms with Crippen LogP contribution in [0.3, 0.4) is 0 Å². The molecule has 1 atom stereocenters. The van der Waals surface area contributed by atoms with Crippen molar-refractivity contribution < 1.29 is 9.90 Å². The third kappa shape index (κ3) is 5.47. The molecule has 0 aliphatic heterocycles. The number of halogens is 1. The zero-order chi connectivity index (χ0) is 16.0. The third-order valence-corrected chi connectivity index (χ3v) is 3.58. The smallest absolute Gasteiger partial charge is 0.214 e. The number of hydrogen-bond acceptors (Lipinski definition) is 6. The lowest BCUT2D eigenvalue weighted by Crippen LogP contribution is -2.23. The van der Waals surface area contributed by atoms with E-state index < -0.39 is 0 Å². The molecule has 3 N–H and O–H groups in total. The van der Waals surface area contributed by atoms with E-state index in [1.54, 1.807) is 13.1 Å². The van der Waals surface area contributed by atoms with Crippen LogP contribution in [0.25, 0.3) is 0 Å². The predicted molar refractivity (Wildman–Crippen MR) is 92.9 cm³/mol. The van der Waals surface area contributed by atoms with Crippen molar-refractivity contribution in [1.82, 2.24) is 14.9 Å². The number of nitrogens with zero attached hydrogens (tertiary/aromatic N) is 3. The number of carbonyl (C=O) groups excluding carboxylic acids is 1. The van der Waals surface area contributed by atoms with Crippen molar-refractivity contribution in [3.8, 4) is 0 Å². The van der Waals surface area contributed by atoms with Gasteiger partial charge in [-0.05, 0) is 32.8 Å². The Morgan fingerprint density at radius 1 is 1.59 bits per heavy atom. The minimum absolute atomic E-state index is 0. The number of rotatable bonds is 7. The Hall–Kier alpha value is -1.31. The summed E-state index contributed by atoms with van der Waals surface area (Å²) >= 11 is 4.40. The monoisotopic (exact) mass is 346 g/mol. The van der Waals surface area contributed by atoms with E-state index in [9.17, 15) is 4.79 Å².